The van der Waals surface area contributed by atoms with Gasteiger partial charge in [-0.25, -0.2) is 12.8 Å². The van der Waals surface area contributed by atoms with Crippen LogP contribution < -0.4 is 5.73 Å². The van der Waals surface area contributed by atoms with E-state index in [2.05, 4.69) is 0 Å². The Balaban J connectivity index is 4.07. The second-order valence-electron chi connectivity index (χ2n) is 2.71. The Labute approximate surface area is 80.7 Å². The number of hydrogen-bond donors (Lipinski definition) is 1. The zero-order chi connectivity index (χ0) is 11.2. The number of sulfone groups is 1. The molecule has 0 saturated heterocycles. The van der Waals surface area contributed by atoms with Gasteiger partial charge >= 0.3 is 6.08 Å². The maximum atomic E-state index is 12.2. The second kappa shape index (κ2) is 6.02. The van der Waals surface area contributed by atoms with Crippen LogP contribution in [0.5, 0.6) is 0 Å². The van der Waals surface area contributed by atoms with Crippen LogP contribution in [0.1, 0.15) is 12.8 Å². The molecule has 0 atom stereocenters. The first-order valence-electron chi connectivity index (χ1n) is 3.99. The summed E-state index contributed by atoms with van der Waals surface area (Å²) in [6.45, 7) is 0.203. The van der Waals surface area contributed by atoms with Crippen molar-refractivity contribution in [3.8, 4) is 0 Å². The summed E-state index contributed by atoms with van der Waals surface area (Å²) in [5.41, 5.74) is 5.07. The maximum absolute atomic E-state index is 12.2. The number of nitrogens with two attached hydrogens (primary N) is 1. The molecule has 0 spiro atoms. The highest BCUT2D eigenvalue weighted by Gasteiger charge is 2.13. The van der Waals surface area contributed by atoms with E-state index >= 15 is 0 Å². The second-order valence-corrected chi connectivity index (χ2v) is 5.01. The average molecular weight is 231 g/mol. The Kier molecular flexibility index (Phi) is 5.78. The topological polar surface area (TPSA) is 60.2 Å². The van der Waals surface area contributed by atoms with Crippen LogP contribution >= 0.6 is 0 Å². The van der Waals surface area contributed by atoms with Gasteiger partial charge in [0.25, 0.3) is 0 Å². The van der Waals surface area contributed by atoms with Crippen LogP contribution in [0.3, 0.4) is 0 Å². The highest BCUT2D eigenvalue weighted by atomic mass is 32.2. The molecule has 0 fully saturated rings. The van der Waals surface area contributed by atoms with Crippen molar-refractivity contribution in [1.82, 2.24) is 0 Å². The van der Waals surface area contributed by atoms with Crippen LogP contribution in [0.2, 0.25) is 0 Å². The first kappa shape index (κ1) is 13.4. The van der Waals surface area contributed by atoms with E-state index in [1.165, 1.54) is 0 Å². The molecule has 0 aromatic rings. The van der Waals surface area contributed by atoms with E-state index in [-0.39, 0.29) is 18.7 Å². The number of rotatable bonds is 6. The summed E-state index contributed by atoms with van der Waals surface area (Å²) in [7, 11) is -3.46. The molecule has 7 heteroatoms. The fraction of sp³-hybridized carbons (Fsp3) is 0.714. The Bertz CT molecular complexity index is 296. The molecule has 0 aromatic heterocycles. The van der Waals surface area contributed by atoms with Crippen molar-refractivity contribution in [1.29, 1.82) is 0 Å². The zero-order valence-electron chi connectivity index (χ0n) is 7.47. The van der Waals surface area contributed by atoms with E-state index < -0.39 is 33.9 Å². The lowest BCUT2D eigenvalue weighted by Gasteiger charge is -2.01. The molecular formula is C7H12F3NO2S. The summed E-state index contributed by atoms with van der Waals surface area (Å²) < 4.78 is 57.4. The van der Waals surface area contributed by atoms with Crippen LogP contribution in [0.4, 0.5) is 13.2 Å². The highest BCUT2D eigenvalue weighted by molar-refractivity contribution is 7.91. The molecule has 0 saturated carbocycles. The van der Waals surface area contributed by atoms with E-state index in [1.807, 2.05) is 0 Å². The van der Waals surface area contributed by atoms with Crippen molar-refractivity contribution in [2.75, 3.05) is 18.1 Å². The SMILES string of the molecule is NCCCS(=O)(=O)CCC(F)=C(F)F. The predicted octanol–water partition coefficient (Wildman–Crippen LogP) is 1.22. The molecule has 0 bridgehead atoms. The van der Waals surface area contributed by atoms with E-state index in [0.717, 1.165) is 0 Å². The smallest absolute Gasteiger partial charge is 0.301 e. The number of halogens is 3. The minimum absolute atomic E-state index is 0.190. The normalized spacial score (nSPS) is 11.4. The van der Waals surface area contributed by atoms with Gasteiger partial charge in [-0.05, 0) is 13.0 Å². The lowest BCUT2D eigenvalue weighted by Crippen LogP contribution is -2.14. The zero-order valence-corrected chi connectivity index (χ0v) is 8.29. The summed E-state index contributed by atoms with van der Waals surface area (Å²) >= 11 is 0. The molecule has 0 aliphatic rings. The summed E-state index contributed by atoms with van der Waals surface area (Å²) in [4.78, 5) is 0. The molecule has 0 aromatic carbocycles. The van der Waals surface area contributed by atoms with Gasteiger partial charge in [0, 0.05) is 6.42 Å². The van der Waals surface area contributed by atoms with Crippen molar-refractivity contribution in [2.45, 2.75) is 12.8 Å². The maximum Gasteiger partial charge on any atom is 0.301 e. The third kappa shape index (κ3) is 5.98. The lowest BCUT2D eigenvalue weighted by atomic mass is 10.4. The molecule has 0 aliphatic carbocycles. The molecule has 2 N–H and O–H groups in total. The first-order chi connectivity index (χ1) is 6.39. The molecule has 0 unspecified atom stereocenters. The number of hydrogen-bond acceptors (Lipinski definition) is 3. The third-order valence-corrected chi connectivity index (χ3v) is 3.23. The standard InChI is InChI=1S/C7H12F3NO2S/c8-6(7(9)10)2-5-14(12,13)4-1-3-11/h1-5,11H2. The van der Waals surface area contributed by atoms with Crippen molar-refractivity contribution in [2.24, 2.45) is 5.73 Å². The van der Waals surface area contributed by atoms with Crippen LogP contribution in [-0.4, -0.2) is 26.5 Å². The van der Waals surface area contributed by atoms with Crippen molar-refractivity contribution < 1.29 is 21.6 Å². The quantitative estimate of drug-likeness (QED) is 0.747. The third-order valence-electron chi connectivity index (χ3n) is 1.50. The van der Waals surface area contributed by atoms with Crippen molar-refractivity contribution in [3.05, 3.63) is 11.9 Å². The predicted molar refractivity (Wildman–Crippen MR) is 47.3 cm³/mol. The summed E-state index contributed by atoms with van der Waals surface area (Å²) in [6, 6.07) is 0. The fourth-order valence-corrected chi connectivity index (χ4v) is 2.05. The molecule has 0 radical (unpaired) electrons. The van der Waals surface area contributed by atoms with Gasteiger partial charge in [0.05, 0.1) is 11.5 Å². The molecule has 0 amide bonds. The van der Waals surface area contributed by atoms with Gasteiger partial charge in [-0.3, -0.25) is 0 Å². The first-order valence-corrected chi connectivity index (χ1v) is 5.81. The van der Waals surface area contributed by atoms with Gasteiger partial charge in [-0.1, -0.05) is 0 Å². The summed E-state index contributed by atoms with van der Waals surface area (Å²) in [5, 5.41) is 0. The molecule has 0 heterocycles. The van der Waals surface area contributed by atoms with Gasteiger partial charge in [-0.15, -0.1) is 0 Å². The minimum Gasteiger partial charge on any atom is -0.330 e. The average Bonchev–Trinajstić information content (AvgIpc) is 2.11. The largest absolute Gasteiger partial charge is 0.330 e. The summed E-state index contributed by atoms with van der Waals surface area (Å²) in [5.74, 6) is -2.46. The summed E-state index contributed by atoms with van der Waals surface area (Å²) in [6.07, 6.45) is -2.97. The van der Waals surface area contributed by atoms with E-state index in [1.54, 1.807) is 0 Å². The molecule has 14 heavy (non-hydrogen) atoms. The van der Waals surface area contributed by atoms with Gasteiger partial charge in [-0.2, -0.15) is 8.78 Å². The Hall–Kier alpha value is -0.560. The monoisotopic (exact) mass is 231 g/mol. The van der Waals surface area contributed by atoms with Gasteiger partial charge in [0.2, 0.25) is 0 Å². The number of allylic oxidation sites excluding steroid dienone is 1. The molecule has 3 nitrogen and oxygen atoms in total. The lowest BCUT2D eigenvalue weighted by molar-refractivity contribution is 0.373. The van der Waals surface area contributed by atoms with Crippen LogP contribution in [0.15, 0.2) is 11.9 Å². The van der Waals surface area contributed by atoms with Gasteiger partial charge in [0.1, 0.15) is 0 Å². The highest BCUT2D eigenvalue weighted by Crippen LogP contribution is 2.14. The minimum atomic E-state index is -3.46. The molecular weight excluding hydrogens is 219 g/mol. The van der Waals surface area contributed by atoms with Gasteiger partial charge < -0.3 is 5.73 Å². The van der Waals surface area contributed by atoms with Crippen molar-refractivity contribution >= 4 is 9.84 Å². The fourth-order valence-electron chi connectivity index (χ4n) is 0.745. The van der Waals surface area contributed by atoms with E-state index in [0.29, 0.717) is 0 Å². The Morgan fingerprint density at radius 2 is 1.71 bits per heavy atom. The van der Waals surface area contributed by atoms with Crippen LogP contribution in [-0.2, 0) is 9.84 Å². The Morgan fingerprint density at radius 3 is 2.14 bits per heavy atom. The molecule has 0 aliphatic heterocycles. The van der Waals surface area contributed by atoms with E-state index in [9.17, 15) is 21.6 Å². The Morgan fingerprint density at radius 1 is 1.14 bits per heavy atom. The van der Waals surface area contributed by atoms with E-state index in [4.69, 9.17) is 5.73 Å². The van der Waals surface area contributed by atoms with Crippen LogP contribution in [0, 0.1) is 0 Å². The van der Waals surface area contributed by atoms with Crippen molar-refractivity contribution in [3.63, 3.8) is 0 Å². The molecule has 84 valence electrons. The van der Waals surface area contributed by atoms with Crippen LogP contribution in [0.25, 0.3) is 0 Å². The molecule has 0 rings (SSSR count). The van der Waals surface area contributed by atoms with Gasteiger partial charge in [0.15, 0.2) is 15.7 Å².